The van der Waals surface area contributed by atoms with Crippen LogP contribution in [0.2, 0.25) is 0 Å². The molecule has 1 aliphatic rings. The van der Waals surface area contributed by atoms with E-state index in [-0.39, 0.29) is 29.5 Å². The van der Waals surface area contributed by atoms with Gasteiger partial charge in [-0.2, -0.15) is 0 Å². The van der Waals surface area contributed by atoms with Crippen molar-refractivity contribution in [1.82, 2.24) is 19.7 Å². The summed E-state index contributed by atoms with van der Waals surface area (Å²) in [6, 6.07) is 7.79. The normalized spacial score (nSPS) is 16.8. The summed E-state index contributed by atoms with van der Waals surface area (Å²) >= 11 is 1.37. The first-order valence-corrected chi connectivity index (χ1v) is 10.7. The fourth-order valence-corrected chi connectivity index (χ4v) is 4.40. The average molecular weight is 418 g/mol. The molecule has 8 nitrogen and oxygen atoms in total. The first-order valence-electron chi connectivity index (χ1n) is 9.70. The number of likely N-dealkylation sites (tertiary alicyclic amines) is 1. The van der Waals surface area contributed by atoms with E-state index >= 15 is 0 Å². The second kappa shape index (κ2) is 9.30. The lowest BCUT2D eigenvalue weighted by Gasteiger charge is -2.31. The standard InChI is InChI=1S/C20H27N5O3S/c1-13(2)25-19(14-6-8-16(28-3)9-7-14)22-23-20(25)29-12-17(26)24-10-4-5-15(11-24)18(21)27/h6-9,13,15H,4-5,10-12H2,1-3H3,(H2,21,27)/t15-/m0/s1. The van der Waals surface area contributed by atoms with Gasteiger partial charge in [0.1, 0.15) is 5.75 Å². The van der Waals surface area contributed by atoms with E-state index in [0.29, 0.717) is 18.2 Å². The molecular weight excluding hydrogens is 390 g/mol. The average Bonchev–Trinajstić information content (AvgIpc) is 3.16. The lowest BCUT2D eigenvalue weighted by Crippen LogP contribution is -2.44. The Morgan fingerprint density at radius 2 is 2.00 bits per heavy atom. The van der Waals surface area contributed by atoms with Gasteiger partial charge in [-0.3, -0.25) is 14.2 Å². The number of piperidine rings is 1. The van der Waals surface area contributed by atoms with Crippen LogP contribution in [0.15, 0.2) is 29.4 Å². The Hall–Kier alpha value is -2.55. The van der Waals surface area contributed by atoms with E-state index in [1.54, 1.807) is 12.0 Å². The van der Waals surface area contributed by atoms with Gasteiger partial charge >= 0.3 is 0 Å². The third-order valence-electron chi connectivity index (χ3n) is 5.03. The summed E-state index contributed by atoms with van der Waals surface area (Å²) in [5.74, 6) is 1.19. The Balaban J connectivity index is 1.71. The number of hydrogen-bond donors (Lipinski definition) is 1. The van der Waals surface area contributed by atoms with Crippen molar-refractivity contribution in [3.8, 4) is 17.1 Å². The van der Waals surface area contributed by atoms with Crippen molar-refractivity contribution in [3.05, 3.63) is 24.3 Å². The largest absolute Gasteiger partial charge is 0.497 e. The summed E-state index contributed by atoms with van der Waals surface area (Å²) in [6.45, 7) is 5.19. The predicted molar refractivity (Wildman–Crippen MR) is 112 cm³/mol. The zero-order valence-corrected chi connectivity index (χ0v) is 17.8. The minimum atomic E-state index is -0.334. The number of thioether (sulfide) groups is 1. The molecule has 0 unspecified atom stereocenters. The molecule has 29 heavy (non-hydrogen) atoms. The number of nitrogens with two attached hydrogens (primary N) is 1. The number of methoxy groups -OCH3 is 1. The smallest absolute Gasteiger partial charge is 0.233 e. The second-order valence-electron chi connectivity index (χ2n) is 7.37. The summed E-state index contributed by atoms with van der Waals surface area (Å²) in [7, 11) is 1.63. The number of amides is 2. The van der Waals surface area contributed by atoms with E-state index in [4.69, 9.17) is 10.5 Å². The Morgan fingerprint density at radius 1 is 1.28 bits per heavy atom. The molecule has 156 valence electrons. The fourth-order valence-electron chi connectivity index (χ4n) is 3.43. The molecule has 1 aliphatic heterocycles. The van der Waals surface area contributed by atoms with Crippen LogP contribution >= 0.6 is 11.8 Å². The van der Waals surface area contributed by atoms with Crippen molar-refractivity contribution < 1.29 is 14.3 Å². The molecular formula is C20H27N5O3S. The van der Waals surface area contributed by atoms with E-state index < -0.39 is 0 Å². The number of primary amides is 1. The fraction of sp³-hybridized carbons (Fsp3) is 0.500. The number of benzene rings is 1. The SMILES string of the molecule is COc1ccc(-c2nnc(SCC(=O)N3CCC[C@H](C(N)=O)C3)n2C(C)C)cc1. The minimum Gasteiger partial charge on any atom is -0.497 e. The quantitative estimate of drug-likeness (QED) is 0.694. The molecule has 1 fully saturated rings. The van der Waals surface area contributed by atoms with Crippen LogP contribution in [-0.4, -0.2) is 57.4 Å². The van der Waals surface area contributed by atoms with Crippen LogP contribution in [0.1, 0.15) is 32.7 Å². The minimum absolute atomic E-state index is 0.00902. The zero-order chi connectivity index (χ0) is 21.0. The molecule has 2 heterocycles. The highest BCUT2D eigenvalue weighted by molar-refractivity contribution is 7.99. The van der Waals surface area contributed by atoms with E-state index in [0.717, 1.165) is 30.0 Å². The number of aromatic nitrogens is 3. The van der Waals surface area contributed by atoms with E-state index in [2.05, 4.69) is 24.0 Å². The molecule has 3 rings (SSSR count). The molecule has 0 saturated carbocycles. The van der Waals surface area contributed by atoms with Crippen LogP contribution in [0.5, 0.6) is 5.75 Å². The molecule has 0 radical (unpaired) electrons. The summed E-state index contributed by atoms with van der Waals surface area (Å²) in [5, 5.41) is 9.37. The Kier molecular flexibility index (Phi) is 6.79. The van der Waals surface area contributed by atoms with Crippen molar-refractivity contribution in [3.63, 3.8) is 0 Å². The number of carbonyl (C=O) groups excluding carboxylic acids is 2. The topological polar surface area (TPSA) is 103 Å². The Labute approximate surface area is 174 Å². The van der Waals surface area contributed by atoms with Crippen molar-refractivity contribution >= 4 is 23.6 Å². The predicted octanol–water partition coefficient (Wildman–Crippen LogP) is 2.35. The van der Waals surface area contributed by atoms with Gasteiger partial charge in [0.05, 0.1) is 18.8 Å². The highest BCUT2D eigenvalue weighted by Crippen LogP contribution is 2.29. The van der Waals surface area contributed by atoms with Gasteiger partial charge in [0, 0.05) is 24.7 Å². The van der Waals surface area contributed by atoms with Crippen molar-refractivity contribution in [1.29, 1.82) is 0 Å². The highest BCUT2D eigenvalue weighted by atomic mass is 32.2. The van der Waals surface area contributed by atoms with Crippen LogP contribution in [-0.2, 0) is 9.59 Å². The van der Waals surface area contributed by atoms with Crippen LogP contribution in [0.3, 0.4) is 0 Å². The summed E-state index contributed by atoms with van der Waals surface area (Å²) in [5.41, 5.74) is 6.35. The van der Waals surface area contributed by atoms with Gasteiger partial charge in [0.2, 0.25) is 11.8 Å². The maximum atomic E-state index is 12.6. The molecule has 0 bridgehead atoms. The molecule has 2 N–H and O–H groups in total. The van der Waals surface area contributed by atoms with Crippen LogP contribution in [0, 0.1) is 5.92 Å². The Morgan fingerprint density at radius 3 is 2.62 bits per heavy atom. The Bertz CT molecular complexity index is 866. The lowest BCUT2D eigenvalue weighted by molar-refractivity contribution is -0.132. The number of ether oxygens (including phenoxy) is 1. The molecule has 1 aromatic heterocycles. The van der Waals surface area contributed by atoms with E-state index in [9.17, 15) is 9.59 Å². The third kappa shape index (κ3) is 4.90. The molecule has 1 saturated heterocycles. The maximum absolute atomic E-state index is 12.6. The number of rotatable bonds is 7. The maximum Gasteiger partial charge on any atom is 0.233 e. The van der Waals surface area contributed by atoms with Gasteiger partial charge in [0.15, 0.2) is 11.0 Å². The monoisotopic (exact) mass is 417 g/mol. The van der Waals surface area contributed by atoms with Gasteiger partial charge in [-0.15, -0.1) is 10.2 Å². The molecule has 2 aromatic rings. The van der Waals surface area contributed by atoms with Crippen molar-refractivity contribution in [2.45, 2.75) is 37.9 Å². The van der Waals surface area contributed by atoms with Gasteiger partial charge in [-0.05, 0) is 51.0 Å². The van der Waals surface area contributed by atoms with Crippen LogP contribution in [0.25, 0.3) is 11.4 Å². The second-order valence-corrected chi connectivity index (χ2v) is 8.31. The van der Waals surface area contributed by atoms with Gasteiger partial charge in [-0.25, -0.2) is 0 Å². The molecule has 1 aromatic carbocycles. The molecule has 1 atom stereocenters. The first-order chi connectivity index (χ1) is 13.9. The zero-order valence-electron chi connectivity index (χ0n) is 17.0. The molecule has 9 heteroatoms. The van der Waals surface area contributed by atoms with Crippen LogP contribution < -0.4 is 10.5 Å². The number of carbonyl (C=O) groups is 2. The number of hydrogen-bond acceptors (Lipinski definition) is 6. The highest BCUT2D eigenvalue weighted by Gasteiger charge is 2.27. The summed E-state index contributed by atoms with van der Waals surface area (Å²) in [6.07, 6.45) is 1.55. The van der Waals surface area contributed by atoms with Gasteiger partial charge in [0.25, 0.3) is 0 Å². The van der Waals surface area contributed by atoms with Crippen molar-refractivity contribution in [2.24, 2.45) is 11.7 Å². The van der Waals surface area contributed by atoms with E-state index in [1.807, 2.05) is 28.8 Å². The first kappa shape index (κ1) is 21.2. The lowest BCUT2D eigenvalue weighted by atomic mass is 9.97. The van der Waals surface area contributed by atoms with Crippen molar-refractivity contribution in [2.75, 3.05) is 26.0 Å². The summed E-state index contributed by atoms with van der Waals surface area (Å²) < 4.78 is 7.24. The molecule has 0 aliphatic carbocycles. The van der Waals surface area contributed by atoms with Gasteiger partial charge < -0.3 is 15.4 Å². The molecule has 2 amide bonds. The van der Waals surface area contributed by atoms with E-state index in [1.165, 1.54) is 11.8 Å². The number of nitrogens with zero attached hydrogens (tertiary/aromatic N) is 4. The third-order valence-corrected chi connectivity index (χ3v) is 5.96. The summed E-state index contributed by atoms with van der Waals surface area (Å²) in [4.78, 5) is 25.8. The van der Waals surface area contributed by atoms with Gasteiger partial charge in [-0.1, -0.05) is 11.8 Å². The molecule has 0 spiro atoms. The van der Waals surface area contributed by atoms with Crippen LogP contribution in [0.4, 0.5) is 0 Å².